The van der Waals surface area contributed by atoms with Gasteiger partial charge in [-0.3, -0.25) is 9.69 Å². The minimum absolute atomic E-state index is 0.0907. The number of amides is 1. The highest BCUT2D eigenvalue weighted by Crippen LogP contribution is 2.25. The molecule has 1 saturated heterocycles. The molecule has 0 radical (unpaired) electrons. The number of carbonyl (C=O) groups excluding carboxylic acids is 1. The lowest BCUT2D eigenvalue weighted by Gasteiger charge is -2.24. The van der Waals surface area contributed by atoms with Crippen molar-refractivity contribution in [2.75, 3.05) is 13.1 Å². The summed E-state index contributed by atoms with van der Waals surface area (Å²) in [5.41, 5.74) is 3.29. The summed E-state index contributed by atoms with van der Waals surface area (Å²) >= 11 is 0. The highest BCUT2D eigenvalue weighted by molar-refractivity contribution is 5.94. The molecule has 0 aromatic heterocycles. The van der Waals surface area contributed by atoms with Crippen LogP contribution in [0.1, 0.15) is 46.4 Å². The standard InChI is InChI=1S/C27H27N3O2/c1-20(21-8-3-2-4-9-21)30-15-14-25(18-30)29-27(31)22-12-7-13-26(16-22)32-19-24-11-6-5-10-23(24)17-28/h2-13,16,20,25H,14-15,18-19H2,1H3,(H,29,31). The minimum Gasteiger partial charge on any atom is -0.489 e. The van der Waals surface area contributed by atoms with E-state index >= 15 is 0 Å². The Morgan fingerprint density at radius 1 is 1.12 bits per heavy atom. The van der Waals surface area contributed by atoms with Gasteiger partial charge >= 0.3 is 0 Å². The Kier molecular flexibility index (Phi) is 6.84. The zero-order valence-corrected chi connectivity index (χ0v) is 18.2. The average molecular weight is 426 g/mol. The van der Waals surface area contributed by atoms with Gasteiger partial charge in [-0.15, -0.1) is 0 Å². The summed E-state index contributed by atoms with van der Waals surface area (Å²) in [5.74, 6) is 0.517. The number of likely N-dealkylation sites (tertiary alicyclic amines) is 1. The molecule has 5 heteroatoms. The first kappa shape index (κ1) is 21.6. The Morgan fingerprint density at radius 2 is 1.91 bits per heavy atom. The third kappa shape index (κ3) is 5.16. The molecule has 162 valence electrons. The monoisotopic (exact) mass is 425 g/mol. The molecule has 3 aromatic rings. The first-order valence-corrected chi connectivity index (χ1v) is 10.9. The number of carbonyl (C=O) groups is 1. The molecule has 1 heterocycles. The van der Waals surface area contributed by atoms with Crippen LogP contribution in [0.3, 0.4) is 0 Å². The van der Waals surface area contributed by atoms with E-state index in [0.717, 1.165) is 25.1 Å². The fourth-order valence-corrected chi connectivity index (χ4v) is 4.11. The fraction of sp³-hybridized carbons (Fsp3) is 0.259. The molecule has 1 fully saturated rings. The van der Waals surface area contributed by atoms with E-state index in [1.807, 2.05) is 36.4 Å². The summed E-state index contributed by atoms with van der Waals surface area (Å²) in [7, 11) is 0. The van der Waals surface area contributed by atoms with Crippen LogP contribution in [0.15, 0.2) is 78.9 Å². The lowest BCUT2D eigenvalue weighted by Crippen LogP contribution is -2.37. The largest absolute Gasteiger partial charge is 0.489 e. The molecular formula is C27H27N3O2. The van der Waals surface area contributed by atoms with Crippen LogP contribution in [0.5, 0.6) is 5.75 Å². The zero-order chi connectivity index (χ0) is 22.3. The SMILES string of the molecule is CC(c1ccccc1)N1CCC(NC(=O)c2cccc(OCc3ccccc3C#N)c2)C1. The second-order valence-electron chi connectivity index (χ2n) is 8.13. The van der Waals surface area contributed by atoms with Gasteiger partial charge in [0.2, 0.25) is 0 Å². The van der Waals surface area contributed by atoms with E-state index < -0.39 is 0 Å². The third-order valence-electron chi connectivity index (χ3n) is 6.01. The average Bonchev–Trinajstić information content (AvgIpc) is 3.31. The van der Waals surface area contributed by atoms with Gasteiger partial charge in [0.05, 0.1) is 11.6 Å². The van der Waals surface area contributed by atoms with Gasteiger partial charge in [0.25, 0.3) is 5.91 Å². The maximum atomic E-state index is 12.8. The Labute approximate surface area is 189 Å². The topological polar surface area (TPSA) is 65.4 Å². The molecule has 4 rings (SSSR count). The molecule has 5 nitrogen and oxygen atoms in total. The number of nitrogens with one attached hydrogen (secondary N) is 1. The van der Waals surface area contributed by atoms with Gasteiger partial charge < -0.3 is 10.1 Å². The highest BCUT2D eigenvalue weighted by atomic mass is 16.5. The number of hydrogen-bond donors (Lipinski definition) is 1. The normalized spacial score (nSPS) is 16.8. The van der Waals surface area contributed by atoms with Crippen molar-refractivity contribution in [1.82, 2.24) is 10.2 Å². The van der Waals surface area contributed by atoms with Crippen molar-refractivity contribution in [3.63, 3.8) is 0 Å². The molecule has 2 atom stereocenters. The van der Waals surface area contributed by atoms with E-state index in [1.54, 1.807) is 18.2 Å². The van der Waals surface area contributed by atoms with Crippen LogP contribution in [0.25, 0.3) is 0 Å². The maximum absolute atomic E-state index is 12.8. The quantitative estimate of drug-likeness (QED) is 0.596. The molecular weight excluding hydrogens is 398 g/mol. The number of rotatable bonds is 7. The van der Waals surface area contributed by atoms with Crippen molar-refractivity contribution in [1.29, 1.82) is 5.26 Å². The summed E-state index contributed by atoms with van der Waals surface area (Å²) < 4.78 is 5.85. The number of hydrogen-bond acceptors (Lipinski definition) is 4. The van der Waals surface area contributed by atoms with E-state index in [4.69, 9.17) is 4.74 Å². The predicted molar refractivity (Wildman–Crippen MR) is 124 cm³/mol. The van der Waals surface area contributed by atoms with Gasteiger partial charge in [-0.2, -0.15) is 5.26 Å². The molecule has 1 N–H and O–H groups in total. The van der Waals surface area contributed by atoms with Gasteiger partial charge in [0.15, 0.2) is 0 Å². The summed E-state index contributed by atoms with van der Waals surface area (Å²) in [6.07, 6.45) is 0.935. The summed E-state index contributed by atoms with van der Waals surface area (Å²) in [4.78, 5) is 15.3. The smallest absolute Gasteiger partial charge is 0.251 e. The molecule has 3 aromatic carbocycles. The van der Waals surface area contributed by atoms with Crippen LogP contribution in [-0.2, 0) is 6.61 Å². The molecule has 2 unspecified atom stereocenters. The molecule has 1 amide bonds. The van der Waals surface area contributed by atoms with Gasteiger partial charge in [-0.05, 0) is 43.2 Å². The van der Waals surface area contributed by atoms with E-state index in [9.17, 15) is 10.1 Å². The Balaban J connectivity index is 1.34. The lowest BCUT2D eigenvalue weighted by molar-refractivity contribution is 0.0936. The Bertz CT molecular complexity index is 1110. The molecule has 0 spiro atoms. The fourth-order valence-electron chi connectivity index (χ4n) is 4.11. The van der Waals surface area contributed by atoms with E-state index in [2.05, 4.69) is 47.5 Å². The molecule has 1 aliphatic rings. The van der Waals surface area contributed by atoms with Crippen LogP contribution in [0.4, 0.5) is 0 Å². The number of ether oxygens (including phenoxy) is 1. The number of nitrogens with zero attached hydrogens (tertiary/aromatic N) is 2. The van der Waals surface area contributed by atoms with Crippen molar-refractivity contribution in [3.05, 3.63) is 101 Å². The van der Waals surface area contributed by atoms with Crippen LogP contribution < -0.4 is 10.1 Å². The Hall–Kier alpha value is -3.62. The maximum Gasteiger partial charge on any atom is 0.251 e. The number of nitriles is 1. The van der Waals surface area contributed by atoms with Crippen molar-refractivity contribution in [3.8, 4) is 11.8 Å². The van der Waals surface area contributed by atoms with E-state index in [1.165, 1.54) is 5.56 Å². The van der Waals surface area contributed by atoms with Gasteiger partial charge in [0, 0.05) is 36.3 Å². The second-order valence-corrected chi connectivity index (χ2v) is 8.13. The number of benzene rings is 3. The molecule has 0 saturated carbocycles. The molecule has 0 bridgehead atoms. The molecule has 32 heavy (non-hydrogen) atoms. The zero-order valence-electron chi connectivity index (χ0n) is 18.2. The second kappa shape index (κ2) is 10.1. The van der Waals surface area contributed by atoms with Crippen LogP contribution >= 0.6 is 0 Å². The molecule has 1 aliphatic heterocycles. The van der Waals surface area contributed by atoms with Crippen molar-refractivity contribution >= 4 is 5.91 Å². The van der Waals surface area contributed by atoms with Gasteiger partial charge in [-0.25, -0.2) is 0 Å². The van der Waals surface area contributed by atoms with Gasteiger partial charge in [0.1, 0.15) is 12.4 Å². The minimum atomic E-state index is -0.0907. The third-order valence-corrected chi connectivity index (χ3v) is 6.01. The molecule has 0 aliphatic carbocycles. The summed E-state index contributed by atoms with van der Waals surface area (Å²) in [5, 5.41) is 12.4. The van der Waals surface area contributed by atoms with E-state index in [-0.39, 0.29) is 18.6 Å². The van der Waals surface area contributed by atoms with E-state index in [0.29, 0.717) is 22.9 Å². The van der Waals surface area contributed by atoms with Crippen LogP contribution in [-0.4, -0.2) is 29.9 Å². The Morgan fingerprint density at radius 3 is 2.72 bits per heavy atom. The highest BCUT2D eigenvalue weighted by Gasteiger charge is 2.28. The summed E-state index contributed by atoms with van der Waals surface area (Å²) in [6.45, 7) is 4.29. The van der Waals surface area contributed by atoms with Crippen LogP contribution in [0, 0.1) is 11.3 Å². The van der Waals surface area contributed by atoms with Crippen LogP contribution in [0.2, 0.25) is 0 Å². The first-order chi connectivity index (χ1) is 15.6. The van der Waals surface area contributed by atoms with Crippen molar-refractivity contribution in [2.24, 2.45) is 0 Å². The van der Waals surface area contributed by atoms with Crippen molar-refractivity contribution in [2.45, 2.75) is 32.0 Å². The lowest BCUT2D eigenvalue weighted by atomic mass is 10.1. The summed E-state index contributed by atoms with van der Waals surface area (Å²) in [6, 6.07) is 27.6. The predicted octanol–water partition coefficient (Wildman–Crippen LogP) is 4.70. The first-order valence-electron chi connectivity index (χ1n) is 10.9. The van der Waals surface area contributed by atoms with Crippen molar-refractivity contribution < 1.29 is 9.53 Å². The van der Waals surface area contributed by atoms with Gasteiger partial charge in [-0.1, -0.05) is 54.6 Å².